The first-order chi connectivity index (χ1) is 6.09. The maximum Gasteiger partial charge on any atom is 0.323 e. The molecule has 1 aliphatic carbocycles. The van der Waals surface area contributed by atoms with Crippen LogP contribution >= 0.6 is 0 Å². The summed E-state index contributed by atoms with van der Waals surface area (Å²) in [5, 5.41) is 8.53. The number of aliphatic carboxylic acids is 1. The van der Waals surface area contributed by atoms with E-state index in [0.29, 0.717) is 6.42 Å². The molecule has 0 aromatic rings. The molecule has 4 heteroatoms. The normalized spacial score (nSPS) is 16.7. The molecule has 0 saturated heterocycles. The van der Waals surface area contributed by atoms with E-state index in [2.05, 4.69) is 0 Å². The van der Waals surface area contributed by atoms with Crippen LogP contribution in [0.4, 0.5) is 0 Å². The Morgan fingerprint density at radius 2 is 2.31 bits per heavy atom. The van der Waals surface area contributed by atoms with Gasteiger partial charge in [0.05, 0.1) is 0 Å². The molecule has 0 aromatic heterocycles. The van der Waals surface area contributed by atoms with Crippen molar-refractivity contribution in [2.45, 2.75) is 19.3 Å². The van der Waals surface area contributed by atoms with Crippen molar-refractivity contribution in [1.82, 2.24) is 4.90 Å². The molecular formula is C9H13NO3. The van der Waals surface area contributed by atoms with Crippen LogP contribution in [0.25, 0.3) is 0 Å². The topological polar surface area (TPSA) is 57.6 Å². The van der Waals surface area contributed by atoms with Gasteiger partial charge in [-0.05, 0) is 12.8 Å². The third-order valence-corrected chi connectivity index (χ3v) is 2.05. The molecule has 0 bridgehead atoms. The minimum atomic E-state index is -0.874. The monoisotopic (exact) mass is 183 g/mol. The van der Waals surface area contributed by atoms with Gasteiger partial charge >= 0.3 is 5.97 Å². The molecule has 1 rings (SSSR count). The Hall–Kier alpha value is -1.32. The first kappa shape index (κ1) is 9.77. The summed E-state index contributed by atoms with van der Waals surface area (Å²) < 4.78 is 0. The molecule has 0 radical (unpaired) electrons. The molecule has 0 atom stereocenters. The Morgan fingerprint density at radius 3 is 2.85 bits per heavy atom. The Labute approximate surface area is 76.8 Å². The van der Waals surface area contributed by atoms with Crippen molar-refractivity contribution in [3.05, 3.63) is 11.8 Å². The van der Waals surface area contributed by atoms with E-state index < -0.39 is 5.97 Å². The van der Waals surface area contributed by atoms with Gasteiger partial charge in [0.2, 0.25) is 0 Å². The van der Waals surface area contributed by atoms with Crippen molar-refractivity contribution in [3.8, 4) is 0 Å². The van der Waals surface area contributed by atoms with Crippen molar-refractivity contribution in [2.24, 2.45) is 0 Å². The Balaban J connectivity index is 2.59. The number of carboxylic acids is 1. The van der Waals surface area contributed by atoms with Gasteiger partial charge < -0.3 is 10.0 Å². The van der Waals surface area contributed by atoms with E-state index in [1.165, 1.54) is 0 Å². The van der Waals surface area contributed by atoms with Crippen LogP contribution in [0, 0.1) is 0 Å². The van der Waals surface area contributed by atoms with E-state index in [4.69, 9.17) is 5.11 Å². The smallest absolute Gasteiger partial charge is 0.323 e. The molecule has 1 aliphatic rings. The van der Waals surface area contributed by atoms with Crippen molar-refractivity contribution in [1.29, 1.82) is 0 Å². The van der Waals surface area contributed by atoms with Crippen LogP contribution in [0.3, 0.4) is 0 Å². The summed E-state index contributed by atoms with van der Waals surface area (Å²) in [7, 11) is 1.69. The summed E-state index contributed by atoms with van der Waals surface area (Å²) in [6, 6.07) is 0. The van der Waals surface area contributed by atoms with Gasteiger partial charge in [-0.2, -0.15) is 0 Å². The molecule has 72 valence electrons. The number of carboxylic acid groups (broad SMARTS) is 1. The molecule has 0 spiro atoms. The molecule has 0 aliphatic heterocycles. The van der Waals surface area contributed by atoms with Gasteiger partial charge in [0.25, 0.3) is 0 Å². The lowest BCUT2D eigenvalue weighted by molar-refractivity contribution is -0.137. The van der Waals surface area contributed by atoms with Crippen molar-refractivity contribution >= 4 is 11.8 Å². The van der Waals surface area contributed by atoms with Crippen LogP contribution in [0.5, 0.6) is 0 Å². The fraction of sp³-hybridized carbons (Fsp3) is 0.556. The number of likely N-dealkylation sites (N-methyl/N-ethyl adjacent to an activating group) is 1. The highest BCUT2D eigenvalue weighted by atomic mass is 16.4. The number of carbonyl (C=O) groups excluding carboxylic acids is 1. The van der Waals surface area contributed by atoms with E-state index in [1.807, 2.05) is 0 Å². The van der Waals surface area contributed by atoms with Crippen LogP contribution in [-0.4, -0.2) is 35.4 Å². The highest BCUT2D eigenvalue weighted by Gasteiger charge is 2.14. The van der Waals surface area contributed by atoms with Crippen molar-refractivity contribution < 1.29 is 14.7 Å². The molecule has 13 heavy (non-hydrogen) atoms. The summed E-state index contributed by atoms with van der Waals surface area (Å²) in [4.78, 5) is 23.0. The summed E-state index contributed by atoms with van der Waals surface area (Å²) in [5.41, 5.74) is 0.832. The zero-order chi connectivity index (χ0) is 9.84. The SMILES string of the molecule is CN(CC(=O)O)C1=CC(=O)CCC1. The lowest BCUT2D eigenvalue weighted by atomic mass is 10.0. The van der Waals surface area contributed by atoms with Gasteiger partial charge in [0.15, 0.2) is 5.78 Å². The number of hydrogen-bond donors (Lipinski definition) is 1. The molecule has 0 fully saturated rings. The maximum absolute atomic E-state index is 11.0. The van der Waals surface area contributed by atoms with Gasteiger partial charge in [-0.3, -0.25) is 9.59 Å². The molecule has 4 nitrogen and oxygen atoms in total. The number of ketones is 1. The summed E-state index contributed by atoms with van der Waals surface area (Å²) in [6.07, 6.45) is 3.76. The first-order valence-corrected chi connectivity index (χ1v) is 4.26. The molecule has 0 heterocycles. The highest BCUT2D eigenvalue weighted by molar-refractivity contribution is 5.91. The van der Waals surface area contributed by atoms with Gasteiger partial charge in [0.1, 0.15) is 6.54 Å². The minimum Gasteiger partial charge on any atom is -0.480 e. The van der Waals surface area contributed by atoms with Gasteiger partial charge in [-0.25, -0.2) is 0 Å². The van der Waals surface area contributed by atoms with Crippen LogP contribution in [0.15, 0.2) is 11.8 Å². The van der Waals surface area contributed by atoms with E-state index in [1.54, 1.807) is 18.0 Å². The highest BCUT2D eigenvalue weighted by Crippen LogP contribution is 2.17. The van der Waals surface area contributed by atoms with Crippen LogP contribution in [0.2, 0.25) is 0 Å². The molecule has 0 saturated carbocycles. The summed E-state index contributed by atoms with van der Waals surface area (Å²) in [5.74, 6) is -0.778. The van der Waals surface area contributed by atoms with Gasteiger partial charge in [0, 0.05) is 25.2 Å². The predicted molar refractivity (Wildman–Crippen MR) is 47.2 cm³/mol. The lowest BCUT2D eigenvalue weighted by Gasteiger charge is -2.22. The summed E-state index contributed by atoms with van der Waals surface area (Å²) in [6.45, 7) is -0.0425. The number of carbonyl (C=O) groups is 2. The van der Waals surface area contributed by atoms with Gasteiger partial charge in [-0.1, -0.05) is 0 Å². The number of hydrogen-bond acceptors (Lipinski definition) is 3. The Kier molecular flexibility index (Phi) is 3.06. The van der Waals surface area contributed by atoms with Crippen LogP contribution in [-0.2, 0) is 9.59 Å². The average Bonchev–Trinajstić information content (AvgIpc) is 2.03. The lowest BCUT2D eigenvalue weighted by Crippen LogP contribution is -2.27. The minimum absolute atomic E-state index is 0.0425. The molecular weight excluding hydrogens is 170 g/mol. The van der Waals surface area contributed by atoms with E-state index >= 15 is 0 Å². The zero-order valence-corrected chi connectivity index (χ0v) is 7.62. The number of nitrogens with zero attached hydrogens (tertiary/aromatic N) is 1. The van der Waals surface area contributed by atoms with E-state index in [-0.39, 0.29) is 12.3 Å². The number of rotatable bonds is 3. The second-order valence-electron chi connectivity index (χ2n) is 3.21. The van der Waals surface area contributed by atoms with E-state index in [0.717, 1.165) is 18.5 Å². The fourth-order valence-corrected chi connectivity index (χ4v) is 1.38. The standard InChI is InChI=1S/C9H13NO3/c1-10(6-9(12)13)7-3-2-4-8(11)5-7/h5H,2-4,6H2,1H3,(H,12,13). The Morgan fingerprint density at radius 1 is 1.62 bits per heavy atom. The van der Waals surface area contributed by atoms with E-state index in [9.17, 15) is 9.59 Å². The predicted octanol–water partition coefficient (Wildman–Crippen LogP) is 0.640. The summed E-state index contributed by atoms with van der Waals surface area (Å²) >= 11 is 0. The molecule has 0 unspecified atom stereocenters. The zero-order valence-electron chi connectivity index (χ0n) is 7.62. The van der Waals surface area contributed by atoms with Crippen LogP contribution < -0.4 is 0 Å². The second kappa shape index (κ2) is 4.07. The molecule has 1 N–H and O–H groups in total. The van der Waals surface area contributed by atoms with Crippen molar-refractivity contribution in [2.75, 3.05) is 13.6 Å². The number of allylic oxidation sites excluding steroid dienone is 2. The average molecular weight is 183 g/mol. The molecule has 0 amide bonds. The second-order valence-corrected chi connectivity index (χ2v) is 3.21. The van der Waals surface area contributed by atoms with Gasteiger partial charge in [-0.15, -0.1) is 0 Å². The maximum atomic E-state index is 11.0. The third kappa shape index (κ3) is 2.89. The van der Waals surface area contributed by atoms with Crippen LogP contribution in [0.1, 0.15) is 19.3 Å². The molecule has 0 aromatic carbocycles. The fourth-order valence-electron chi connectivity index (χ4n) is 1.38. The third-order valence-electron chi connectivity index (χ3n) is 2.05. The largest absolute Gasteiger partial charge is 0.480 e. The van der Waals surface area contributed by atoms with Crippen molar-refractivity contribution in [3.63, 3.8) is 0 Å². The first-order valence-electron chi connectivity index (χ1n) is 4.26. The quantitative estimate of drug-likeness (QED) is 0.697. The Bertz CT molecular complexity index is 258.